The minimum atomic E-state index is -0.346. The van der Waals surface area contributed by atoms with Crippen LogP contribution in [-0.2, 0) is 13.1 Å². The third kappa shape index (κ3) is 3.61. The highest BCUT2D eigenvalue weighted by Crippen LogP contribution is 2.19. The van der Waals surface area contributed by atoms with E-state index in [4.69, 9.17) is 0 Å². The first-order chi connectivity index (χ1) is 9.56. The van der Waals surface area contributed by atoms with Crippen LogP contribution in [0, 0.1) is 24.0 Å². The third-order valence-corrected chi connectivity index (χ3v) is 3.05. The number of pyridine rings is 1. The second-order valence-corrected chi connectivity index (χ2v) is 4.75. The molecule has 0 aliphatic heterocycles. The van der Waals surface area contributed by atoms with Gasteiger partial charge in [-0.25, -0.2) is 0 Å². The molecule has 0 unspecified atom stereocenters. The summed E-state index contributed by atoms with van der Waals surface area (Å²) in [4.78, 5) is 14.9. The molecule has 0 radical (unpaired) electrons. The van der Waals surface area contributed by atoms with Gasteiger partial charge in [0.1, 0.15) is 0 Å². The molecule has 104 valence electrons. The van der Waals surface area contributed by atoms with Gasteiger partial charge in [0.15, 0.2) is 0 Å². The zero-order valence-electron chi connectivity index (χ0n) is 11.6. The summed E-state index contributed by atoms with van der Waals surface area (Å²) in [5, 5.41) is 14.1. The monoisotopic (exact) mass is 271 g/mol. The van der Waals surface area contributed by atoms with E-state index >= 15 is 0 Å². The van der Waals surface area contributed by atoms with E-state index in [1.54, 1.807) is 19.1 Å². The lowest BCUT2D eigenvalue weighted by Crippen LogP contribution is -2.14. The first-order valence-electron chi connectivity index (χ1n) is 6.43. The zero-order chi connectivity index (χ0) is 14.5. The number of benzene rings is 1. The molecule has 0 aliphatic carbocycles. The number of rotatable bonds is 5. The highest BCUT2D eigenvalue weighted by molar-refractivity contribution is 5.42. The van der Waals surface area contributed by atoms with Gasteiger partial charge >= 0.3 is 0 Å². The number of hydrogen-bond acceptors (Lipinski definition) is 4. The van der Waals surface area contributed by atoms with Gasteiger partial charge in [0.2, 0.25) is 0 Å². The molecule has 5 heteroatoms. The molecule has 0 atom stereocenters. The largest absolute Gasteiger partial charge is 0.307 e. The average molecular weight is 271 g/mol. The Bertz CT molecular complexity index is 626. The van der Waals surface area contributed by atoms with Crippen molar-refractivity contribution in [2.45, 2.75) is 26.9 Å². The molecular weight excluding hydrogens is 254 g/mol. The number of nitro groups is 1. The number of aromatic nitrogens is 1. The smallest absolute Gasteiger partial charge is 0.272 e. The van der Waals surface area contributed by atoms with E-state index in [1.807, 2.05) is 31.2 Å². The molecule has 2 aromatic rings. The lowest BCUT2D eigenvalue weighted by Gasteiger charge is -2.06. The van der Waals surface area contributed by atoms with Gasteiger partial charge in [0.25, 0.3) is 5.69 Å². The Labute approximate surface area is 117 Å². The fraction of sp³-hybridized carbons (Fsp3) is 0.267. The Morgan fingerprint density at radius 2 is 2.00 bits per heavy atom. The van der Waals surface area contributed by atoms with E-state index in [0.717, 1.165) is 17.0 Å². The Morgan fingerprint density at radius 1 is 1.20 bits per heavy atom. The van der Waals surface area contributed by atoms with Crippen molar-refractivity contribution >= 4 is 5.69 Å². The summed E-state index contributed by atoms with van der Waals surface area (Å²) >= 11 is 0. The van der Waals surface area contributed by atoms with Crippen molar-refractivity contribution in [3.8, 4) is 0 Å². The quantitative estimate of drug-likeness (QED) is 0.670. The van der Waals surface area contributed by atoms with E-state index in [1.165, 1.54) is 0 Å². The van der Waals surface area contributed by atoms with Crippen LogP contribution in [0.5, 0.6) is 0 Å². The normalized spacial score (nSPS) is 10.5. The molecule has 1 aromatic heterocycles. The summed E-state index contributed by atoms with van der Waals surface area (Å²) in [5.41, 5.74) is 3.69. The average Bonchev–Trinajstić information content (AvgIpc) is 2.40. The Balaban J connectivity index is 1.97. The molecule has 0 saturated carbocycles. The molecule has 0 fully saturated rings. The van der Waals surface area contributed by atoms with Gasteiger partial charge in [-0.15, -0.1) is 0 Å². The van der Waals surface area contributed by atoms with Gasteiger partial charge < -0.3 is 5.32 Å². The second kappa shape index (κ2) is 6.25. The number of nitrogens with zero attached hydrogens (tertiary/aromatic N) is 2. The fourth-order valence-electron chi connectivity index (χ4n) is 1.99. The summed E-state index contributed by atoms with van der Waals surface area (Å²) in [6, 6.07) is 11.2. The molecule has 0 aliphatic rings. The minimum absolute atomic E-state index is 0.165. The Kier molecular flexibility index (Phi) is 4.42. The maximum Gasteiger partial charge on any atom is 0.272 e. The van der Waals surface area contributed by atoms with Gasteiger partial charge in [0, 0.05) is 30.4 Å². The molecule has 1 N–H and O–H groups in total. The molecule has 1 aromatic carbocycles. The SMILES string of the molecule is Cc1cccc(CNCc2ccc(C)c([N+](=O)[O-])c2)n1. The molecule has 0 saturated heterocycles. The van der Waals surface area contributed by atoms with E-state index < -0.39 is 0 Å². The van der Waals surface area contributed by atoms with Gasteiger partial charge in [-0.3, -0.25) is 15.1 Å². The third-order valence-electron chi connectivity index (χ3n) is 3.05. The fourth-order valence-corrected chi connectivity index (χ4v) is 1.99. The molecule has 0 amide bonds. The predicted octanol–water partition coefficient (Wildman–Crippen LogP) is 2.90. The van der Waals surface area contributed by atoms with Gasteiger partial charge in [0.05, 0.1) is 10.6 Å². The van der Waals surface area contributed by atoms with Crippen molar-refractivity contribution in [1.82, 2.24) is 10.3 Å². The molecule has 0 spiro atoms. The highest BCUT2D eigenvalue weighted by atomic mass is 16.6. The molecule has 1 heterocycles. The van der Waals surface area contributed by atoms with Crippen LogP contribution in [0.4, 0.5) is 5.69 Å². The summed E-state index contributed by atoms with van der Waals surface area (Å²) in [7, 11) is 0. The van der Waals surface area contributed by atoms with E-state index in [-0.39, 0.29) is 10.6 Å². The van der Waals surface area contributed by atoms with Crippen LogP contribution in [0.1, 0.15) is 22.5 Å². The summed E-state index contributed by atoms with van der Waals surface area (Å²) in [5.74, 6) is 0. The van der Waals surface area contributed by atoms with Crippen LogP contribution < -0.4 is 5.32 Å². The van der Waals surface area contributed by atoms with Crippen molar-refractivity contribution in [3.63, 3.8) is 0 Å². The summed E-state index contributed by atoms with van der Waals surface area (Å²) in [6.45, 7) is 4.92. The Morgan fingerprint density at radius 3 is 2.70 bits per heavy atom. The van der Waals surface area contributed by atoms with Crippen molar-refractivity contribution in [3.05, 3.63) is 69.0 Å². The first-order valence-corrected chi connectivity index (χ1v) is 6.43. The van der Waals surface area contributed by atoms with Gasteiger partial charge in [-0.1, -0.05) is 18.2 Å². The van der Waals surface area contributed by atoms with E-state index in [0.29, 0.717) is 18.7 Å². The maximum atomic E-state index is 10.9. The highest BCUT2D eigenvalue weighted by Gasteiger charge is 2.10. The van der Waals surface area contributed by atoms with Crippen LogP contribution in [0.25, 0.3) is 0 Å². The number of nitro benzene ring substituents is 1. The first kappa shape index (κ1) is 14.1. The molecule has 0 bridgehead atoms. The standard InChI is InChI=1S/C15H17N3O2/c1-11-6-7-13(8-15(11)18(19)20)9-16-10-14-5-3-4-12(2)17-14/h3-8,16H,9-10H2,1-2H3. The Hall–Kier alpha value is -2.27. The summed E-state index contributed by atoms with van der Waals surface area (Å²) < 4.78 is 0. The molecular formula is C15H17N3O2. The van der Waals surface area contributed by atoms with Crippen LogP contribution in [-0.4, -0.2) is 9.91 Å². The van der Waals surface area contributed by atoms with Gasteiger partial charge in [-0.05, 0) is 31.5 Å². The van der Waals surface area contributed by atoms with Crippen molar-refractivity contribution in [2.75, 3.05) is 0 Å². The topological polar surface area (TPSA) is 68.1 Å². The number of hydrogen-bond donors (Lipinski definition) is 1. The van der Waals surface area contributed by atoms with Gasteiger partial charge in [-0.2, -0.15) is 0 Å². The molecule has 5 nitrogen and oxygen atoms in total. The van der Waals surface area contributed by atoms with Crippen LogP contribution in [0.2, 0.25) is 0 Å². The lowest BCUT2D eigenvalue weighted by atomic mass is 10.1. The van der Waals surface area contributed by atoms with Crippen LogP contribution in [0.3, 0.4) is 0 Å². The molecule has 20 heavy (non-hydrogen) atoms. The van der Waals surface area contributed by atoms with E-state index in [9.17, 15) is 10.1 Å². The minimum Gasteiger partial charge on any atom is -0.307 e. The molecule has 2 rings (SSSR count). The lowest BCUT2D eigenvalue weighted by molar-refractivity contribution is -0.385. The summed E-state index contributed by atoms with van der Waals surface area (Å²) in [6.07, 6.45) is 0. The number of aryl methyl sites for hydroxylation is 2. The van der Waals surface area contributed by atoms with Crippen LogP contribution in [0.15, 0.2) is 36.4 Å². The second-order valence-electron chi connectivity index (χ2n) is 4.75. The zero-order valence-corrected chi connectivity index (χ0v) is 11.6. The maximum absolute atomic E-state index is 10.9. The number of nitrogens with one attached hydrogen (secondary N) is 1. The van der Waals surface area contributed by atoms with Crippen molar-refractivity contribution in [1.29, 1.82) is 0 Å². The predicted molar refractivity (Wildman–Crippen MR) is 77.4 cm³/mol. The van der Waals surface area contributed by atoms with Crippen molar-refractivity contribution < 1.29 is 4.92 Å². The van der Waals surface area contributed by atoms with E-state index in [2.05, 4.69) is 10.3 Å². The van der Waals surface area contributed by atoms with Crippen LogP contribution >= 0.6 is 0 Å². The van der Waals surface area contributed by atoms with Crippen molar-refractivity contribution in [2.24, 2.45) is 0 Å².